The average molecular weight is 350 g/mol. The van der Waals surface area contributed by atoms with Crippen molar-refractivity contribution in [2.75, 3.05) is 6.54 Å². The fourth-order valence-electron chi connectivity index (χ4n) is 2.35. The van der Waals surface area contributed by atoms with E-state index >= 15 is 0 Å². The third-order valence-corrected chi connectivity index (χ3v) is 5.55. The van der Waals surface area contributed by atoms with Gasteiger partial charge >= 0.3 is 0 Å². The highest BCUT2D eigenvalue weighted by molar-refractivity contribution is 9.10. The van der Waals surface area contributed by atoms with Gasteiger partial charge in [-0.3, -0.25) is 0 Å². The molecule has 1 aliphatic carbocycles. The van der Waals surface area contributed by atoms with Crippen molar-refractivity contribution in [3.8, 4) is 0 Å². The Hall–Kier alpha value is -0.460. The molecule has 0 amide bonds. The lowest BCUT2D eigenvalue weighted by Crippen LogP contribution is -2.30. The Kier molecular flexibility index (Phi) is 4.97. The first-order chi connectivity index (χ1) is 8.99. The van der Waals surface area contributed by atoms with Gasteiger partial charge in [-0.25, -0.2) is 17.5 Å². The largest absolute Gasteiger partial charge is 0.240 e. The van der Waals surface area contributed by atoms with Crippen molar-refractivity contribution in [2.24, 2.45) is 5.92 Å². The molecule has 0 heterocycles. The molecule has 0 bridgehead atoms. The van der Waals surface area contributed by atoms with Crippen LogP contribution in [0.15, 0.2) is 27.6 Å². The van der Waals surface area contributed by atoms with Gasteiger partial charge in [0.15, 0.2) is 0 Å². The highest BCUT2D eigenvalue weighted by Gasteiger charge is 2.19. The third kappa shape index (κ3) is 4.00. The summed E-state index contributed by atoms with van der Waals surface area (Å²) < 4.78 is 40.3. The minimum absolute atomic E-state index is 0.0241. The summed E-state index contributed by atoms with van der Waals surface area (Å²) in [5.41, 5.74) is 0. The predicted molar refractivity (Wildman–Crippen MR) is 75.9 cm³/mol. The van der Waals surface area contributed by atoms with Crippen molar-refractivity contribution in [3.05, 3.63) is 28.5 Å². The van der Waals surface area contributed by atoms with Crippen molar-refractivity contribution in [1.29, 1.82) is 0 Å². The molecule has 1 aromatic rings. The number of rotatable bonds is 4. The number of benzene rings is 1. The fraction of sp³-hybridized carbons (Fsp3) is 0.538. The van der Waals surface area contributed by atoms with Gasteiger partial charge in [-0.2, -0.15) is 0 Å². The molecule has 1 fully saturated rings. The standard InChI is InChI=1S/C13H17BrFNO2S/c14-12-7-6-11(8-13(12)15)19(17,18)16-9-10-4-2-1-3-5-10/h6-8,10,16H,1-5,9H2. The van der Waals surface area contributed by atoms with Gasteiger partial charge in [-0.1, -0.05) is 19.3 Å². The number of hydrogen-bond donors (Lipinski definition) is 1. The molecule has 2 rings (SSSR count). The van der Waals surface area contributed by atoms with E-state index in [1.165, 1.54) is 31.4 Å². The van der Waals surface area contributed by atoms with Gasteiger partial charge in [-0.15, -0.1) is 0 Å². The number of halogens is 2. The summed E-state index contributed by atoms with van der Waals surface area (Å²) in [6, 6.07) is 3.84. The fourth-order valence-corrected chi connectivity index (χ4v) is 3.72. The van der Waals surface area contributed by atoms with Crippen LogP contribution in [0.5, 0.6) is 0 Å². The zero-order valence-corrected chi connectivity index (χ0v) is 12.9. The quantitative estimate of drug-likeness (QED) is 0.904. The Morgan fingerprint density at radius 3 is 2.58 bits per heavy atom. The van der Waals surface area contributed by atoms with Crippen LogP contribution in [0.4, 0.5) is 4.39 Å². The molecule has 3 nitrogen and oxygen atoms in total. The highest BCUT2D eigenvalue weighted by Crippen LogP contribution is 2.24. The average Bonchev–Trinajstić information content (AvgIpc) is 2.41. The summed E-state index contributed by atoms with van der Waals surface area (Å²) in [5.74, 6) is -0.163. The van der Waals surface area contributed by atoms with Crippen molar-refractivity contribution in [1.82, 2.24) is 4.72 Å². The molecule has 1 aromatic carbocycles. The van der Waals surface area contributed by atoms with Gasteiger partial charge in [0.25, 0.3) is 0 Å². The minimum atomic E-state index is -3.61. The van der Waals surface area contributed by atoms with Gasteiger partial charge in [0.1, 0.15) is 5.82 Å². The van der Waals surface area contributed by atoms with E-state index in [4.69, 9.17) is 0 Å². The molecule has 19 heavy (non-hydrogen) atoms. The zero-order valence-electron chi connectivity index (χ0n) is 10.5. The predicted octanol–water partition coefficient (Wildman–Crippen LogP) is 3.45. The minimum Gasteiger partial charge on any atom is -0.211 e. The zero-order chi connectivity index (χ0) is 13.9. The van der Waals surface area contributed by atoms with Gasteiger partial charge in [0.2, 0.25) is 10.0 Å². The van der Waals surface area contributed by atoms with E-state index in [0.29, 0.717) is 12.5 Å². The molecule has 1 aliphatic rings. The van der Waals surface area contributed by atoms with Crippen LogP contribution >= 0.6 is 15.9 Å². The Labute approximate surface area is 121 Å². The molecule has 1 N–H and O–H groups in total. The number of sulfonamides is 1. The van der Waals surface area contributed by atoms with Crippen molar-refractivity contribution < 1.29 is 12.8 Å². The monoisotopic (exact) mass is 349 g/mol. The molecule has 0 saturated heterocycles. The summed E-state index contributed by atoms with van der Waals surface area (Å²) in [5, 5.41) is 0. The second kappa shape index (κ2) is 6.33. The topological polar surface area (TPSA) is 46.2 Å². The van der Waals surface area contributed by atoms with E-state index in [0.717, 1.165) is 18.9 Å². The maximum Gasteiger partial charge on any atom is 0.240 e. The number of hydrogen-bond acceptors (Lipinski definition) is 2. The second-order valence-corrected chi connectivity index (χ2v) is 7.55. The van der Waals surface area contributed by atoms with Gasteiger partial charge in [-0.05, 0) is 52.9 Å². The number of nitrogens with one attached hydrogen (secondary N) is 1. The van der Waals surface area contributed by atoms with Crippen LogP contribution in [0.25, 0.3) is 0 Å². The molecule has 6 heteroatoms. The lowest BCUT2D eigenvalue weighted by Gasteiger charge is -2.21. The van der Waals surface area contributed by atoms with Gasteiger partial charge in [0.05, 0.1) is 9.37 Å². The Morgan fingerprint density at radius 1 is 1.26 bits per heavy atom. The van der Waals surface area contributed by atoms with E-state index < -0.39 is 15.8 Å². The van der Waals surface area contributed by atoms with Crippen molar-refractivity contribution >= 4 is 26.0 Å². The molecular weight excluding hydrogens is 333 g/mol. The molecule has 0 aromatic heterocycles. The first-order valence-electron chi connectivity index (χ1n) is 6.44. The first kappa shape index (κ1) is 14.9. The Bertz CT molecular complexity index is 542. The van der Waals surface area contributed by atoms with E-state index in [-0.39, 0.29) is 9.37 Å². The second-order valence-electron chi connectivity index (χ2n) is 4.93. The molecule has 0 aliphatic heterocycles. The van der Waals surface area contributed by atoms with Crippen LogP contribution < -0.4 is 4.72 Å². The van der Waals surface area contributed by atoms with Crippen LogP contribution in [0.2, 0.25) is 0 Å². The SMILES string of the molecule is O=S(=O)(NCC1CCCCC1)c1ccc(Br)c(F)c1. The van der Waals surface area contributed by atoms with Crippen LogP contribution in [0, 0.1) is 11.7 Å². The molecule has 0 atom stereocenters. The maximum absolute atomic E-state index is 13.4. The lowest BCUT2D eigenvalue weighted by molar-refractivity contribution is 0.357. The van der Waals surface area contributed by atoms with E-state index in [9.17, 15) is 12.8 Å². The van der Waals surface area contributed by atoms with Crippen LogP contribution in [-0.4, -0.2) is 15.0 Å². The Balaban J connectivity index is 2.02. The van der Waals surface area contributed by atoms with Crippen LogP contribution in [0.1, 0.15) is 32.1 Å². The molecule has 1 saturated carbocycles. The third-order valence-electron chi connectivity index (χ3n) is 3.49. The molecule has 0 radical (unpaired) electrons. The molecular formula is C13H17BrFNO2S. The smallest absolute Gasteiger partial charge is 0.211 e. The van der Waals surface area contributed by atoms with E-state index in [1.54, 1.807) is 0 Å². The summed E-state index contributed by atoms with van der Waals surface area (Å²) in [4.78, 5) is -0.0241. The van der Waals surface area contributed by atoms with Gasteiger partial charge in [0, 0.05) is 6.54 Å². The van der Waals surface area contributed by atoms with Crippen LogP contribution in [-0.2, 0) is 10.0 Å². The van der Waals surface area contributed by atoms with Crippen LogP contribution in [0.3, 0.4) is 0 Å². The lowest BCUT2D eigenvalue weighted by atomic mass is 9.90. The van der Waals surface area contributed by atoms with E-state index in [2.05, 4.69) is 20.7 Å². The molecule has 0 unspecified atom stereocenters. The first-order valence-corrected chi connectivity index (χ1v) is 8.71. The summed E-state index contributed by atoms with van der Waals surface area (Å²) in [6.45, 7) is 0.444. The summed E-state index contributed by atoms with van der Waals surface area (Å²) >= 11 is 3.01. The highest BCUT2D eigenvalue weighted by atomic mass is 79.9. The van der Waals surface area contributed by atoms with Crippen molar-refractivity contribution in [2.45, 2.75) is 37.0 Å². The van der Waals surface area contributed by atoms with E-state index in [1.807, 2.05) is 0 Å². The normalized spacial score (nSPS) is 17.6. The maximum atomic E-state index is 13.4. The van der Waals surface area contributed by atoms with Crippen molar-refractivity contribution in [3.63, 3.8) is 0 Å². The Morgan fingerprint density at radius 2 is 1.95 bits per heavy atom. The molecule has 106 valence electrons. The van der Waals surface area contributed by atoms with Gasteiger partial charge < -0.3 is 0 Å². The summed E-state index contributed by atoms with van der Waals surface area (Å²) in [6.07, 6.45) is 5.70. The molecule has 0 spiro atoms. The summed E-state index contributed by atoms with van der Waals surface area (Å²) in [7, 11) is -3.61.